The molecule has 1 aromatic carbocycles. The average Bonchev–Trinajstić information content (AvgIpc) is 3.30. The molecule has 7 heteroatoms. The Morgan fingerprint density at radius 3 is 2.71 bits per heavy atom. The van der Waals surface area contributed by atoms with Gasteiger partial charge in [0, 0.05) is 12.8 Å². The van der Waals surface area contributed by atoms with E-state index in [9.17, 15) is 4.39 Å². The highest BCUT2D eigenvalue weighted by molar-refractivity contribution is 7.05. The lowest BCUT2D eigenvalue weighted by Crippen LogP contribution is -2.50. The Bertz CT molecular complexity index is 873. The molecule has 0 spiro atoms. The van der Waals surface area contributed by atoms with Crippen LogP contribution in [0.4, 0.5) is 10.1 Å². The zero-order valence-electron chi connectivity index (χ0n) is 16.8. The minimum absolute atomic E-state index is 0.156. The van der Waals surface area contributed by atoms with Gasteiger partial charge >= 0.3 is 0 Å². The maximum Gasteiger partial charge on any atom is 0.184 e. The van der Waals surface area contributed by atoms with Crippen LogP contribution < -0.4 is 4.48 Å². The fourth-order valence-corrected chi connectivity index (χ4v) is 5.08. The molecular weight excluding hydrogens is 375 g/mol. The largest absolute Gasteiger partial charge is 0.381 e. The topological polar surface area (TPSA) is 38.2 Å². The maximum absolute atomic E-state index is 15.0. The summed E-state index contributed by atoms with van der Waals surface area (Å²) in [7, 11) is 2.11. The van der Waals surface area contributed by atoms with Gasteiger partial charge in [0.15, 0.2) is 17.3 Å². The zero-order valence-corrected chi connectivity index (χ0v) is 17.6. The molecule has 150 valence electrons. The van der Waals surface area contributed by atoms with Crippen molar-refractivity contribution in [2.24, 2.45) is 0 Å². The number of rotatable bonds is 6. The van der Waals surface area contributed by atoms with Crippen molar-refractivity contribution in [3.05, 3.63) is 46.6 Å². The smallest absolute Gasteiger partial charge is 0.184 e. The number of fused-ring (bicyclic) bond motifs is 1. The maximum atomic E-state index is 15.0. The van der Waals surface area contributed by atoms with Crippen LogP contribution >= 0.6 is 11.5 Å². The van der Waals surface area contributed by atoms with Gasteiger partial charge in [0.1, 0.15) is 17.2 Å². The first-order valence-corrected chi connectivity index (χ1v) is 10.9. The minimum atomic E-state index is -0.156. The predicted molar refractivity (Wildman–Crippen MR) is 112 cm³/mol. The van der Waals surface area contributed by atoms with E-state index in [1.807, 2.05) is 6.07 Å². The molecule has 0 saturated carbocycles. The second kappa shape index (κ2) is 7.99. The van der Waals surface area contributed by atoms with E-state index in [1.54, 1.807) is 12.1 Å². The molecule has 0 N–H and O–H groups in total. The van der Waals surface area contributed by atoms with Gasteiger partial charge in [-0.25, -0.2) is 9.37 Å². The van der Waals surface area contributed by atoms with Crippen molar-refractivity contribution in [2.75, 3.05) is 33.4 Å². The minimum Gasteiger partial charge on any atom is -0.381 e. The van der Waals surface area contributed by atoms with Crippen LogP contribution in [0.5, 0.6) is 0 Å². The van der Waals surface area contributed by atoms with Crippen LogP contribution in [0.2, 0.25) is 0 Å². The van der Waals surface area contributed by atoms with Crippen molar-refractivity contribution in [3.63, 3.8) is 0 Å². The number of ether oxygens (including phenoxy) is 1. The molecule has 4 rings (SSSR count). The SMILES string of the molecule is CCN(CC)Cc1nc(C2=C[N+](C)(C3CCOCC3)c3c(F)cccc32)ns1. The number of benzene rings is 1. The molecule has 1 aromatic heterocycles. The summed E-state index contributed by atoms with van der Waals surface area (Å²) in [5, 5.41) is 1.00. The Morgan fingerprint density at radius 2 is 2.00 bits per heavy atom. The summed E-state index contributed by atoms with van der Waals surface area (Å²) in [5.74, 6) is 0.559. The number of halogens is 1. The molecule has 0 bridgehead atoms. The lowest BCUT2D eigenvalue weighted by atomic mass is 10.0. The summed E-state index contributed by atoms with van der Waals surface area (Å²) >= 11 is 1.45. The quantitative estimate of drug-likeness (QED) is 0.683. The predicted octanol–water partition coefficient (Wildman–Crippen LogP) is 4.04. The molecule has 2 aliphatic heterocycles. The van der Waals surface area contributed by atoms with Gasteiger partial charge in [-0.2, -0.15) is 4.37 Å². The number of hydrogen-bond donors (Lipinski definition) is 0. The first kappa shape index (κ1) is 19.6. The van der Waals surface area contributed by atoms with Crippen LogP contribution in [0.15, 0.2) is 24.4 Å². The van der Waals surface area contributed by atoms with Crippen molar-refractivity contribution in [1.82, 2.24) is 18.7 Å². The summed E-state index contributed by atoms with van der Waals surface area (Å²) in [6, 6.07) is 5.64. The molecule has 0 aliphatic carbocycles. The van der Waals surface area contributed by atoms with Gasteiger partial charge in [-0.3, -0.25) is 9.38 Å². The molecule has 2 aliphatic rings. The van der Waals surface area contributed by atoms with E-state index in [0.29, 0.717) is 16.3 Å². The number of para-hydroxylation sites is 1. The van der Waals surface area contributed by atoms with Crippen LogP contribution in [-0.4, -0.2) is 53.7 Å². The van der Waals surface area contributed by atoms with Gasteiger partial charge in [0.2, 0.25) is 0 Å². The van der Waals surface area contributed by atoms with Crippen LogP contribution in [0.1, 0.15) is 43.1 Å². The van der Waals surface area contributed by atoms with Crippen LogP contribution in [0.3, 0.4) is 0 Å². The van der Waals surface area contributed by atoms with Gasteiger partial charge in [-0.05, 0) is 36.8 Å². The molecule has 2 aromatic rings. The lowest BCUT2D eigenvalue weighted by molar-refractivity contribution is 0.0569. The highest BCUT2D eigenvalue weighted by Gasteiger charge is 2.45. The second-order valence-corrected chi connectivity index (χ2v) is 8.48. The molecule has 0 radical (unpaired) electrons. The molecule has 5 nitrogen and oxygen atoms in total. The monoisotopic (exact) mass is 403 g/mol. The highest BCUT2D eigenvalue weighted by Crippen LogP contribution is 2.46. The van der Waals surface area contributed by atoms with E-state index >= 15 is 0 Å². The zero-order chi connectivity index (χ0) is 19.7. The summed E-state index contributed by atoms with van der Waals surface area (Å²) in [5.41, 5.74) is 2.61. The van der Waals surface area contributed by atoms with Gasteiger partial charge in [0.25, 0.3) is 0 Å². The summed E-state index contributed by atoms with van der Waals surface area (Å²) in [6.07, 6.45) is 4.00. The Kier molecular flexibility index (Phi) is 5.60. The molecular formula is C21H28FN4OS+. The second-order valence-electron chi connectivity index (χ2n) is 7.64. The molecule has 1 atom stereocenters. The van der Waals surface area contributed by atoms with Crippen molar-refractivity contribution in [1.29, 1.82) is 0 Å². The average molecular weight is 404 g/mol. The van der Waals surface area contributed by atoms with E-state index in [0.717, 1.165) is 67.5 Å². The van der Waals surface area contributed by atoms with Gasteiger partial charge < -0.3 is 4.74 Å². The summed E-state index contributed by atoms with van der Waals surface area (Å²) < 4.78 is 25.6. The Hall–Kier alpha value is -1.67. The first-order chi connectivity index (χ1) is 13.6. The molecule has 0 amide bonds. The fraction of sp³-hybridized carbons (Fsp3) is 0.524. The molecule has 28 heavy (non-hydrogen) atoms. The molecule has 1 unspecified atom stereocenters. The van der Waals surface area contributed by atoms with E-state index < -0.39 is 0 Å². The standard InChI is InChI=1S/C21H28FN4OS/c1-4-25(5-2)13-19-23-21(24-28-19)17-14-26(3,15-9-11-27-12-10-15)20-16(17)7-6-8-18(20)22/h6-8,14-15H,4-5,9-13H2,1-3H3/q+1. The number of aromatic nitrogens is 2. The Morgan fingerprint density at radius 1 is 1.25 bits per heavy atom. The van der Waals surface area contributed by atoms with E-state index in [2.05, 4.69) is 36.4 Å². The van der Waals surface area contributed by atoms with Crippen molar-refractivity contribution >= 4 is 22.8 Å². The number of nitrogens with zero attached hydrogens (tertiary/aromatic N) is 4. The van der Waals surface area contributed by atoms with Crippen LogP contribution in [0.25, 0.3) is 5.57 Å². The third kappa shape index (κ3) is 3.41. The van der Waals surface area contributed by atoms with Gasteiger partial charge in [-0.15, -0.1) is 0 Å². The Labute approximate surface area is 170 Å². The van der Waals surface area contributed by atoms with E-state index in [1.165, 1.54) is 11.5 Å². The van der Waals surface area contributed by atoms with E-state index in [4.69, 9.17) is 9.72 Å². The Balaban J connectivity index is 1.72. The van der Waals surface area contributed by atoms with Crippen molar-refractivity contribution in [2.45, 2.75) is 39.3 Å². The third-order valence-electron chi connectivity index (χ3n) is 6.07. The van der Waals surface area contributed by atoms with Crippen molar-refractivity contribution < 1.29 is 9.13 Å². The van der Waals surface area contributed by atoms with Gasteiger partial charge in [0.05, 0.1) is 37.9 Å². The lowest BCUT2D eigenvalue weighted by Gasteiger charge is -2.38. The molecule has 1 fully saturated rings. The third-order valence-corrected chi connectivity index (χ3v) is 6.76. The molecule has 1 saturated heterocycles. The first-order valence-electron chi connectivity index (χ1n) is 10.1. The van der Waals surface area contributed by atoms with E-state index in [-0.39, 0.29) is 5.82 Å². The summed E-state index contributed by atoms with van der Waals surface area (Å²) in [4.78, 5) is 7.13. The highest BCUT2D eigenvalue weighted by atomic mass is 32.1. The normalized spacial score (nSPS) is 22.5. The fourth-order valence-electron chi connectivity index (χ4n) is 4.38. The van der Waals surface area contributed by atoms with Crippen molar-refractivity contribution in [3.8, 4) is 0 Å². The van der Waals surface area contributed by atoms with Crippen LogP contribution in [-0.2, 0) is 11.3 Å². The summed E-state index contributed by atoms with van der Waals surface area (Å²) in [6.45, 7) is 8.55. The van der Waals surface area contributed by atoms with Gasteiger partial charge in [-0.1, -0.05) is 19.9 Å². The number of quaternary nitrogens is 1. The number of hydrogen-bond acceptors (Lipinski definition) is 5. The van der Waals surface area contributed by atoms with Crippen LogP contribution in [0, 0.1) is 5.82 Å². The molecule has 3 heterocycles.